The molecule has 0 spiro atoms. The maximum absolute atomic E-state index is 13.3. The predicted molar refractivity (Wildman–Crippen MR) is 82.8 cm³/mol. The van der Waals surface area contributed by atoms with E-state index in [9.17, 15) is 15.2 Å². The van der Waals surface area contributed by atoms with Crippen LogP contribution < -0.4 is 5.73 Å². The van der Waals surface area contributed by atoms with Crippen LogP contribution in [-0.4, -0.2) is 39.6 Å². The first-order chi connectivity index (χ1) is 11.7. The number of piperidine rings is 1. The highest BCUT2D eigenvalue weighted by atomic mass is 16.3. The molecule has 0 radical (unpaired) electrons. The molecule has 5 nitrogen and oxygen atoms in total. The van der Waals surface area contributed by atoms with Crippen molar-refractivity contribution in [2.45, 2.75) is 75.0 Å². The van der Waals surface area contributed by atoms with Crippen molar-refractivity contribution in [3.8, 4) is 6.07 Å². The van der Waals surface area contributed by atoms with E-state index in [4.69, 9.17) is 8.48 Å². The Labute approximate surface area is 139 Å². The summed E-state index contributed by atoms with van der Waals surface area (Å²) in [5.74, 6) is 0.380. The van der Waals surface area contributed by atoms with Crippen molar-refractivity contribution in [2.75, 3.05) is 0 Å². The molecule has 6 aliphatic rings. The van der Waals surface area contributed by atoms with E-state index in [0.717, 1.165) is 32.1 Å². The second-order valence-electron chi connectivity index (χ2n) is 8.87. The van der Waals surface area contributed by atoms with E-state index in [1.807, 2.05) is 0 Å². The summed E-state index contributed by atoms with van der Waals surface area (Å²) in [4.78, 5) is 14.7. The fourth-order valence-electron chi connectivity index (χ4n) is 6.66. The van der Waals surface area contributed by atoms with E-state index in [1.54, 1.807) is 0 Å². The number of hydrogen-bond acceptors (Lipinski definition) is 4. The molecule has 0 aromatic heterocycles. The molecule has 5 saturated carbocycles. The summed E-state index contributed by atoms with van der Waals surface area (Å²) in [5.41, 5.74) is 5.45. The second-order valence-corrected chi connectivity index (χ2v) is 8.87. The van der Waals surface area contributed by atoms with Gasteiger partial charge >= 0.3 is 0 Å². The molecule has 6 rings (SSSR count). The highest BCUT2D eigenvalue weighted by molar-refractivity contribution is 5.84. The first kappa shape index (κ1) is 12.3. The molecule has 23 heavy (non-hydrogen) atoms. The van der Waals surface area contributed by atoms with Crippen molar-refractivity contribution in [1.82, 2.24) is 4.90 Å². The number of hydrogen-bond donors (Lipinski definition) is 2. The van der Waals surface area contributed by atoms with Gasteiger partial charge in [0.2, 0.25) is 5.91 Å². The number of fused-ring (bicyclic) bond motifs is 1. The Kier molecular flexibility index (Phi) is 2.29. The van der Waals surface area contributed by atoms with E-state index in [1.165, 1.54) is 4.90 Å². The molecule has 2 unspecified atom stereocenters. The Morgan fingerprint density at radius 1 is 1.35 bits per heavy atom. The maximum Gasteiger partial charge on any atom is 0.241 e. The van der Waals surface area contributed by atoms with E-state index in [2.05, 4.69) is 6.07 Å². The molecule has 4 bridgehead atoms. The van der Waals surface area contributed by atoms with Crippen LogP contribution in [0.5, 0.6) is 0 Å². The lowest BCUT2D eigenvalue weighted by atomic mass is 9.46. The number of rotatable bonds is 2. The van der Waals surface area contributed by atoms with Crippen LogP contribution in [0.25, 0.3) is 0 Å². The average Bonchev–Trinajstić information content (AvgIpc) is 2.89. The van der Waals surface area contributed by atoms with Gasteiger partial charge in [0, 0.05) is 8.78 Å². The SMILES string of the molecule is [2H]C1([2H])[C@H]2C[C@@H](C#[15N])N(C(=O)[C@@H](N)C34CC5CC(CC(O)(C5)C3)C4)[C@H]21. The molecule has 1 heterocycles. The Bertz CT molecular complexity index is 676. The second kappa shape index (κ2) is 4.29. The number of carbonyl (C=O) groups excluding carboxylic acids is 1. The van der Waals surface area contributed by atoms with Crippen LogP contribution in [0.2, 0.25) is 0 Å². The quantitative estimate of drug-likeness (QED) is 0.748. The van der Waals surface area contributed by atoms with Gasteiger partial charge in [-0.1, -0.05) is 0 Å². The zero-order valence-electron chi connectivity index (χ0n) is 15.2. The highest BCUT2D eigenvalue weighted by Gasteiger charge is 2.62. The number of carbonyl (C=O) groups is 1. The van der Waals surface area contributed by atoms with Crippen molar-refractivity contribution in [3.63, 3.8) is 0 Å². The van der Waals surface area contributed by atoms with Gasteiger partial charge < -0.3 is 15.7 Å². The van der Waals surface area contributed by atoms with Crippen molar-refractivity contribution in [3.05, 3.63) is 0 Å². The molecule has 0 aromatic rings. The fraction of sp³-hybridized carbons (Fsp3) is 0.889. The summed E-state index contributed by atoms with van der Waals surface area (Å²) in [6.45, 7) is 0. The molecule has 124 valence electrons. The van der Waals surface area contributed by atoms with Crippen LogP contribution in [0.15, 0.2) is 0 Å². The van der Waals surface area contributed by atoms with Gasteiger partial charge in [0.25, 0.3) is 0 Å². The lowest BCUT2D eigenvalue weighted by Crippen LogP contribution is -2.64. The van der Waals surface area contributed by atoms with Crippen molar-refractivity contribution in [1.29, 1.82) is 5.26 Å². The summed E-state index contributed by atoms with van der Waals surface area (Å²) < 4.78 is 16.1. The van der Waals surface area contributed by atoms with E-state index >= 15 is 0 Å². The number of nitriles is 1. The maximum atomic E-state index is 13.3. The van der Waals surface area contributed by atoms with Gasteiger partial charge in [-0.3, -0.25) is 4.79 Å². The van der Waals surface area contributed by atoms with E-state index in [-0.39, 0.29) is 17.2 Å². The van der Waals surface area contributed by atoms with Gasteiger partial charge in [-0.15, -0.1) is 0 Å². The Morgan fingerprint density at radius 2 is 2.04 bits per heavy atom. The number of likely N-dealkylation sites (tertiary alicyclic amines) is 1. The van der Waals surface area contributed by atoms with Gasteiger partial charge in [-0.25, -0.2) is 0 Å². The highest BCUT2D eigenvalue weighted by Crippen LogP contribution is 2.63. The number of aliphatic hydroxyl groups is 1. The average molecular weight is 318 g/mol. The van der Waals surface area contributed by atoms with Gasteiger partial charge in [0.1, 0.15) is 6.04 Å². The van der Waals surface area contributed by atoms with Crippen LogP contribution in [-0.2, 0) is 4.79 Å². The zero-order valence-corrected chi connectivity index (χ0v) is 13.2. The number of nitrogens with zero attached hydrogens (tertiary/aromatic N) is 2. The minimum absolute atomic E-state index is 0.228. The molecular weight excluding hydrogens is 291 g/mol. The van der Waals surface area contributed by atoms with Crippen LogP contribution in [0.3, 0.4) is 0 Å². The third-order valence-electron chi connectivity index (χ3n) is 7.17. The number of nitrogens with two attached hydrogens (primary N) is 1. The summed E-state index contributed by atoms with van der Waals surface area (Å²) in [5, 5.41) is 20.3. The molecule has 1 saturated heterocycles. The minimum Gasteiger partial charge on any atom is -0.390 e. The summed E-state index contributed by atoms with van der Waals surface area (Å²) in [6.07, 6.45) is 4.13. The third-order valence-corrected chi connectivity index (χ3v) is 7.17. The normalized spacial score (nSPS) is 57.3. The molecule has 0 aromatic carbocycles. The van der Waals surface area contributed by atoms with Crippen LogP contribution in [0, 0.1) is 34.5 Å². The predicted octanol–water partition coefficient (Wildman–Crippen LogP) is 1.16. The molecule has 5 heteroatoms. The first-order valence-corrected chi connectivity index (χ1v) is 8.89. The van der Waals surface area contributed by atoms with Gasteiger partial charge in [-0.05, 0) is 74.5 Å². The van der Waals surface area contributed by atoms with Crippen molar-refractivity contribution in [2.24, 2.45) is 28.9 Å². The molecule has 6 atom stereocenters. The largest absolute Gasteiger partial charge is 0.390 e. The third kappa shape index (κ3) is 1.88. The molecular formula is C18H25N3O2. The summed E-state index contributed by atoms with van der Waals surface area (Å²) in [7, 11) is 0. The van der Waals surface area contributed by atoms with E-state index in [0.29, 0.717) is 24.7 Å². The zero-order chi connectivity index (χ0) is 17.8. The number of amides is 1. The van der Waals surface area contributed by atoms with Gasteiger partial charge in [0.15, 0.2) is 0 Å². The lowest BCUT2D eigenvalue weighted by molar-refractivity contribution is -0.177. The smallest absolute Gasteiger partial charge is 0.241 e. The molecule has 3 N–H and O–H groups in total. The molecule has 6 fully saturated rings. The minimum atomic E-state index is -1.39. The Hall–Kier alpha value is -1.12. The van der Waals surface area contributed by atoms with Gasteiger partial charge in [0.05, 0.1) is 17.7 Å². The van der Waals surface area contributed by atoms with Crippen molar-refractivity contribution < 1.29 is 12.6 Å². The van der Waals surface area contributed by atoms with Crippen molar-refractivity contribution >= 4 is 5.91 Å². The monoisotopic (exact) mass is 318 g/mol. The Morgan fingerprint density at radius 3 is 2.65 bits per heavy atom. The lowest BCUT2D eigenvalue weighted by Gasteiger charge is -2.61. The fourth-order valence-corrected chi connectivity index (χ4v) is 6.66. The molecule has 1 aliphatic heterocycles. The van der Waals surface area contributed by atoms with Crippen LogP contribution in [0.4, 0.5) is 0 Å². The van der Waals surface area contributed by atoms with Crippen LogP contribution in [0.1, 0.15) is 54.1 Å². The topological polar surface area (TPSA) is 90.4 Å². The Balaban J connectivity index is 1.44. The summed E-state index contributed by atoms with van der Waals surface area (Å²) >= 11 is 0. The first-order valence-electron chi connectivity index (χ1n) is 9.89. The summed E-state index contributed by atoms with van der Waals surface area (Å²) in [6, 6.07) is 0.370. The standard InChI is InChI=1S/C18H25N3O2/c19-8-13-2-12-3-14(12)21(13)16(22)15(20)17-4-10-1-11(5-17)7-18(23,6-10)9-17/h10-15,23H,1-7,9,20H2/t10?,11?,12-,13+,14+,15-,17?,18?/m1/s1/i3D2,19+1. The van der Waals surface area contributed by atoms with Gasteiger partial charge in [-0.2, -0.15) is 5.26 Å². The molecule has 5 aliphatic carbocycles. The van der Waals surface area contributed by atoms with Crippen LogP contribution >= 0.6 is 0 Å². The van der Waals surface area contributed by atoms with E-state index < -0.39 is 30.1 Å². The molecule has 1 amide bonds.